The quantitative estimate of drug-likeness (QED) is 0.511. The molecule has 0 saturated heterocycles. The molecule has 8 nitrogen and oxygen atoms in total. The Hall–Kier alpha value is -3.81. The monoisotopic (exact) mass is 447 g/mol. The van der Waals surface area contributed by atoms with E-state index in [1.54, 1.807) is 43.0 Å². The zero-order valence-corrected chi connectivity index (χ0v) is 18.6. The maximum atomic E-state index is 13.6. The Morgan fingerprint density at radius 2 is 1.79 bits per heavy atom. The fourth-order valence-corrected chi connectivity index (χ4v) is 4.14. The Labute approximate surface area is 191 Å². The first-order valence-electron chi connectivity index (χ1n) is 11.2. The molecular weight excluding hydrogens is 422 g/mol. The van der Waals surface area contributed by atoms with Gasteiger partial charge < -0.3 is 23.8 Å². The summed E-state index contributed by atoms with van der Waals surface area (Å²) in [5.74, 6) is 0.309. The number of aromatic nitrogens is 1. The van der Waals surface area contributed by atoms with E-state index in [9.17, 15) is 9.59 Å². The van der Waals surface area contributed by atoms with Gasteiger partial charge in [-0.2, -0.15) is 0 Å². The van der Waals surface area contributed by atoms with Crippen molar-refractivity contribution in [1.82, 2.24) is 5.16 Å². The SMILES string of the molecule is CCOC(=O)c1ccc(Oc2noc(C)c2C(=O)N2CCN(C3CC3)c3ccccc32)cc1. The van der Waals surface area contributed by atoms with Gasteiger partial charge in [0.15, 0.2) is 5.76 Å². The molecule has 1 aliphatic carbocycles. The van der Waals surface area contributed by atoms with Crippen LogP contribution in [0.3, 0.4) is 0 Å². The van der Waals surface area contributed by atoms with Gasteiger partial charge in [0.2, 0.25) is 0 Å². The van der Waals surface area contributed by atoms with Crippen LogP contribution in [0, 0.1) is 6.92 Å². The second kappa shape index (κ2) is 8.61. The lowest BCUT2D eigenvalue weighted by Crippen LogP contribution is -2.45. The molecule has 2 aliphatic rings. The van der Waals surface area contributed by atoms with E-state index in [0.29, 0.717) is 41.8 Å². The van der Waals surface area contributed by atoms with Gasteiger partial charge in [-0.3, -0.25) is 4.79 Å². The van der Waals surface area contributed by atoms with Crippen LogP contribution in [0.5, 0.6) is 11.6 Å². The van der Waals surface area contributed by atoms with E-state index in [1.807, 2.05) is 18.2 Å². The molecule has 1 amide bonds. The standard InChI is InChI=1S/C25H25N3O5/c1-3-31-25(30)17-8-12-19(13-9-17)32-23-22(16(2)33-26-23)24(29)28-15-14-27(18-10-11-18)20-6-4-5-7-21(20)28/h4-9,12-13,18H,3,10-11,14-15H2,1-2H3. The van der Waals surface area contributed by atoms with E-state index in [0.717, 1.165) is 17.9 Å². The van der Waals surface area contributed by atoms with Gasteiger partial charge in [-0.05, 0) is 68.2 Å². The van der Waals surface area contributed by atoms with Crippen LogP contribution in [0.4, 0.5) is 11.4 Å². The molecule has 2 heterocycles. The molecule has 0 N–H and O–H groups in total. The maximum Gasteiger partial charge on any atom is 0.338 e. The molecule has 33 heavy (non-hydrogen) atoms. The van der Waals surface area contributed by atoms with Crippen LogP contribution in [0.1, 0.15) is 46.2 Å². The number of ether oxygens (including phenoxy) is 2. The first kappa shape index (κ1) is 21.1. The van der Waals surface area contributed by atoms with E-state index < -0.39 is 5.97 Å². The van der Waals surface area contributed by atoms with Crippen LogP contribution in [0.25, 0.3) is 0 Å². The molecule has 1 aliphatic heterocycles. The number of aryl methyl sites for hydroxylation is 1. The largest absolute Gasteiger partial charge is 0.462 e. The highest BCUT2D eigenvalue weighted by Crippen LogP contribution is 2.41. The highest BCUT2D eigenvalue weighted by Gasteiger charge is 2.37. The second-order valence-electron chi connectivity index (χ2n) is 8.14. The van der Waals surface area contributed by atoms with E-state index in [1.165, 1.54) is 12.8 Å². The number of nitrogens with zero attached hydrogens (tertiary/aromatic N) is 3. The molecule has 0 radical (unpaired) electrons. The minimum absolute atomic E-state index is 0.100. The highest BCUT2D eigenvalue weighted by molar-refractivity contribution is 6.10. The van der Waals surface area contributed by atoms with Crippen molar-refractivity contribution >= 4 is 23.3 Å². The van der Waals surface area contributed by atoms with E-state index in [4.69, 9.17) is 14.0 Å². The van der Waals surface area contributed by atoms with Crippen molar-refractivity contribution in [2.75, 3.05) is 29.5 Å². The topological polar surface area (TPSA) is 85.1 Å². The van der Waals surface area contributed by atoms with Crippen LogP contribution in [0.2, 0.25) is 0 Å². The van der Waals surface area contributed by atoms with E-state index in [2.05, 4.69) is 16.1 Å². The van der Waals surface area contributed by atoms with Gasteiger partial charge in [-0.15, -0.1) is 0 Å². The van der Waals surface area contributed by atoms with Crippen molar-refractivity contribution in [2.45, 2.75) is 32.7 Å². The van der Waals surface area contributed by atoms with Crippen molar-refractivity contribution in [3.05, 3.63) is 65.4 Å². The average Bonchev–Trinajstić information content (AvgIpc) is 3.61. The van der Waals surface area contributed by atoms with Crippen molar-refractivity contribution < 1.29 is 23.6 Å². The molecule has 0 unspecified atom stereocenters. The number of anilines is 2. The summed E-state index contributed by atoms with van der Waals surface area (Å²) in [7, 11) is 0. The minimum Gasteiger partial charge on any atom is -0.462 e. The molecular formula is C25H25N3O5. The third kappa shape index (κ3) is 4.04. The van der Waals surface area contributed by atoms with Gasteiger partial charge in [0.25, 0.3) is 11.8 Å². The Morgan fingerprint density at radius 3 is 2.48 bits per heavy atom. The summed E-state index contributed by atoms with van der Waals surface area (Å²) in [4.78, 5) is 29.7. The Morgan fingerprint density at radius 1 is 1.06 bits per heavy atom. The predicted molar refractivity (Wildman–Crippen MR) is 122 cm³/mol. The van der Waals surface area contributed by atoms with Crippen LogP contribution < -0.4 is 14.5 Å². The average molecular weight is 447 g/mol. The van der Waals surface area contributed by atoms with Gasteiger partial charge in [0.05, 0.1) is 23.5 Å². The third-order valence-corrected chi connectivity index (χ3v) is 5.90. The third-order valence-electron chi connectivity index (χ3n) is 5.90. The van der Waals surface area contributed by atoms with Crippen molar-refractivity contribution in [2.24, 2.45) is 0 Å². The summed E-state index contributed by atoms with van der Waals surface area (Å²) in [6.07, 6.45) is 2.39. The number of fused-ring (bicyclic) bond motifs is 1. The Bertz CT molecular complexity index is 1180. The number of carbonyl (C=O) groups excluding carboxylic acids is 2. The smallest absolute Gasteiger partial charge is 0.338 e. The fraction of sp³-hybridized carbons (Fsp3) is 0.320. The lowest BCUT2D eigenvalue weighted by atomic mass is 10.1. The van der Waals surface area contributed by atoms with Crippen molar-refractivity contribution in [3.8, 4) is 11.6 Å². The normalized spacial score (nSPS) is 15.2. The highest BCUT2D eigenvalue weighted by atomic mass is 16.5. The summed E-state index contributed by atoms with van der Waals surface area (Å²) in [6.45, 7) is 5.11. The zero-order valence-electron chi connectivity index (χ0n) is 18.6. The first-order chi connectivity index (χ1) is 16.1. The molecule has 1 fully saturated rings. The number of esters is 1. The summed E-state index contributed by atoms with van der Waals surface area (Å²) in [5, 5.41) is 3.98. The van der Waals surface area contributed by atoms with E-state index in [-0.39, 0.29) is 11.8 Å². The number of amides is 1. The number of carbonyl (C=O) groups is 2. The second-order valence-corrected chi connectivity index (χ2v) is 8.14. The Balaban J connectivity index is 1.40. The van der Waals surface area contributed by atoms with Gasteiger partial charge in [0.1, 0.15) is 11.3 Å². The molecule has 1 saturated carbocycles. The first-order valence-corrected chi connectivity index (χ1v) is 11.2. The molecule has 2 aromatic carbocycles. The molecule has 8 heteroatoms. The molecule has 3 aromatic rings. The van der Waals surface area contributed by atoms with Gasteiger partial charge >= 0.3 is 5.97 Å². The van der Waals surface area contributed by atoms with Gasteiger partial charge in [-0.1, -0.05) is 12.1 Å². The van der Waals surface area contributed by atoms with Crippen molar-refractivity contribution in [1.29, 1.82) is 0 Å². The van der Waals surface area contributed by atoms with Crippen LogP contribution in [-0.4, -0.2) is 42.8 Å². The molecule has 0 spiro atoms. The lowest BCUT2D eigenvalue weighted by molar-refractivity contribution is 0.0526. The molecule has 170 valence electrons. The summed E-state index contributed by atoms with van der Waals surface area (Å²) >= 11 is 0. The number of benzene rings is 2. The van der Waals surface area contributed by atoms with Crippen LogP contribution in [-0.2, 0) is 4.74 Å². The number of hydrogen-bond donors (Lipinski definition) is 0. The Kier molecular flexibility index (Phi) is 5.50. The molecule has 0 bridgehead atoms. The maximum absolute atomic E-state index is 13.6. The zero-order chi connectivity index (χ0) is 22.9. The summed E-state index contributed by atoms with van der Waals surface area (Å²) < 4.78 is 16.2. The number of rotatable bonds is 6. The lowest BCUT2D eigenvalue weighted by Gasteiger charge is -2.37. The summed E-state index contributed by atoms with van der Waals surface area (Å²) in [6, 6.07) is 15.0. The number of hydrogen-bond acceptors (Lipinski definition) is 7. The molecule has 1 aromatic heterocycles. The summed E-state index contributed by atoms with van der Waals surface area (Å²) in [5.41, 5.74) is 2.66. The fourth-order valence-electron chi connectivity index (χ4n) is 4.14. The van der Waals surface area contributed by atoms with Crippen LogP contribution in [0.15, 0.2) is 53.1 Å². The van der Waals surface area contributed by atoms with E-state index >= 15 is 0 Å². The van der Waals surface area contributed by atoms with Crippen LogP contribution >= 0.6 is 0 Å². The minimum atomic E-state index is -0.402. The predicted octanol–water partition coefficient (Wildman–Crippen LogP) is 4.58. The molecule has 0 atom stereocenters. The van der Waals surface area contributed by atoms with Gasteiger partial charge in [0, 0.05) is 19.1 Å². The van der Waals surface area contributed by atoms with Gasteiger partial charge in [-0.25, -0.2) is 4.79 Å². The molecule has 5 rings (SSSR count). The van der Waals surface area contributed by atoms with Crippen molar-refractivity contribution in [3.63, 3.8) is 0 Å². The number of para-hydroxylation sites is 2.